The maximum atomic E-state index is 12.1. The molecule has 2 aromatic carbocycles. The van der Waals surface area contributed by atoms with E-state index in [9.17, 15) is 13.2 Å². The Hall–Kier alpha value is -2.05. The monoisotopic (exact) mass is 338 g/mol. The topological polar surface area (TPSA) is 75.3 Å². The quantitative estimate of drug-likeness (QED) is 0.898. The number of carbonyl (C=O) groups is 1. The van der Waals surface area contributed by atoms with Gasteiger partial charge in [0.05, 0.1) is 15.6 Å². The number of carbonyl (C=O) groups excluding carboxylic acids is 1. The second-order valence-corrected chi connectivity index (χ2v) is 7.08. The van der Waals surface area contributed by atoms with Gasteiger partial charge in [-0.05, 0) is 31.2 Å². The molecule has 0 unspecified atom stereocenters. The predicted octanol–water partition coefficient (Wildman–Crippen LogP) is 3.20. The molecule has 0 heterocycles. The SMILES string of the molecule is Cc1ccc(S(=O)(=O)CNC(=O)Nc2ccccc2Cl)cc1. The van der Waals surface area contributed by atoms with Gasteiger partial charge in [0.2, 0.25) is 0 Å². The fourth-order valence-corrected chi connectivity index (χ4v) is 2.94. The van der Waals surface area contributed by atoms with Crippen molar-refractivity contribution >= 4 is 33.2 Å². The van der Waals surface area contributed by atoms with Crippen molar-refractivity contribution < 1.29 is 13.2 Å². The molecule has 0 saturated carbocycles. The van der Waals surface area contributed by atoms with E-state index in [1.54, 1.807) is 36.4 Å². The van der Waals surface area contributed by atoms with Crippen LogP contribution in [0.4, 0.5) is 10.5 Å². The van der Waals surface area contributed by atoms with Gasteiger partial charge in [0.25, 0.3) is 0 Å². The standard InChI is InChI=1S/C15H15ClN2O3S/c1-11-6-8-12(9-7-11)22(20,21)10-17-15(19)18-14-5-3-2-4-13(14)16/h2-9H,10H2,1H3,(H2,17,18,19). The van der Waals surface area contributed by atoms with E-state index in [2.05, 4.69) is 10.6 Å². The number of urea groups is 1. The number of para-hydroxylation sites is 1. The van der Waals surface area contributed by atoms with Gasteiger partial charge in [-0.25, -0.2) is 13.2 Å². The first-order chi connectivity index (χ1) is 10.4. The van der Waals surface area contributed by atoms with Crippen molar-refractivity contribution in [2.45, 2.75) is 11.8 Å². The molecule has 0 aliphatic carbocycles. The highest BCUT2D eigenvalue weighted by molar-refractivity contribution is 7.91. The summed E-state index contributed by atoms with van der Waals surface area (Å²) in [6.07, 6.45) is 0. The smallest absolute Gasteiger partial charge is 0.320 e. The van der Waals surface area contributed by atoms with Gasteiger partial charge in [0.15, 0.2) is 9.84 Å². The first-order valence-corrected chi connectivity index (χ1v) is 8.50. The lowest BCUT2D eigenvalue weighted by molar-refractivity contribution is 0.253. The van der Waals surface area contributed by atoms with Crippen LogP contribution in [0, 0.1) is 6.92 Å². The summed E-state index contributed by atoms with van der Waals surface area (Å²) in [5.74, 6) is -0.494. The van der Waals surface area contributed by atoms with Crippen LogP contribution in [-0.2, 0) is 9.84 Å². The van der Waals surface area contributed by atoms with Crippen LogP contribution in [0.25, 0.3) is 0 Å². The average Bonchev–Trinajstić information content (AvgIpc) is 2.48. The van der Waals surface area contributed by atoms with Gasteiger partial charge in [-0.15, -0.1) is 0 Å². The largest absolute Gasteiger partial charge is 0.323 e. The van der Waals surface area contributed by atoms with Crippen molar-refractivity contribution in [1.82, 2.24) is 5.32 Å². The highest BCUT2D eigenvalue weighted by atomic mass is 35.5. The zero-order chi connectivity index (χ0) is 16.2. The van der Waals surface area contributed by atoms with Crippen molar-refractivity contribution in [3.63, 3.8) is 0 Å². The Balaban J connectivity index is 1.98. The maximum Gasteiger partial charge on any atom is 0.320 e. The van der Waals surface area contributed by atoms with Gasteiger partial charge in [-0.2, -0.15) is 0 Å². The molecule has 22 heavy (non-hydrogen) atoms. The second-order valence-electron chi connectivity index (χ2n) is 4.68. The molecule has 0 spiro atoms. The molecule has 7 heteroatoms. The van der Waals surface area contributed by atoms with Crippen molar-refractivity contribution in [3.05, 3.63) is 59.1 Å². The number of halogens is 1. The fourth-order valence-electron chi connectivity index (χ4n) is 1.72. The number of benzene rings is 2. The van der Waals surface area contributed by atoms with Crippen molar-refractivity contribution in [1.29, 1.82) is 0 Å². The van der Waals surface area contributed by atoms with Crippen molar-refractivity contribution in [2.75, 3.05) is 11.2 Å². The van der Waals surface area contributed by atoms with E-state index in [0.29, 0.717) is 10.7 Å². The third-order valence-corrected chi connectivity index (χ3v) is 4.77. The Morgan fingerprint density at radius 1 is 1.09 bits per heavy atom. The molecule has 0 radical (unpaired) electrons. The van der Waals surface area contributed by atoms with Gasteiger partial charge in [0, 0.05) is 0 Å². The first kappa shape index (κ1) is 16.3. The lowest BCUT2D eigenvalue weighted by Crippen LogP contribution is -2.33. The molecule has 116 valence electrons. The number of anilines is 1. The zero-order valence-electron chi connectivity index (χ0n) is 11.8. The lowest BCUT2D eigenvalue weighted by Gasteiger charge is -2.09. The Morgan fingerprint density at radius 3 is 2.36 bits per heavy atom. The summed E-state index contributed by atoms with van der Waals surface area (Å²) in [6, 6.07) is 12.5. The van der Waals surface area contributed by atoms with Crippen LogP contribution in [0.5, 0.6) is 0 Å². The van der Waals surface area contributed by atoms with Crippen LogP contribution in [0.2, 0.25) is 5.02 Å². The third kappa shape index (κ3) is 4.22. The second kappa shape index (κ2) is 6.81. The number of amides is 2. The molecule has 0 saturated heterocycles. The van der Waals surface area contributed by atoms with E-state index in [4.69, 9.17) is 11.6 Å². The van der Waals surface area contributed by atoms with Crippen LogP contribution in [0.3, 0.4) is 0 Å². The van der Waals surface area contributed by atoms with Crippen LogP contribution < -0.4 is 10.6 Å². The first-order valence-electron chi connectivity index (χ1n) is 6.47. The van der Waals surface area contributed by atoms with Gasteiger partial charge >= 0.3 is 6.03 Å². The summed E-state index contributed by atoms with van der Waals surface area (Å²) in [6.45, 7) is 1.87. The lowest BCUT2D eigenvalue weighted by atomic mass is 10.2. The van der Waals surface area contributed by atoms with Gasteiger partial charge in [-0.3, -0.25) is 0 Å². The fraction of sp³-hybridized carbons (Fsp3) is 0.133. The van der Waals surface area contributed by atoms with Crippen molar-refractivity contribution in [3.8, 4) is 0 Å². The normalized spacial score (nSPS) is 11.0. The molecule has 2 aromatic rings. The minimum Gasteiger partial charge on any atom is -0.323 e. The molecule has 2 rings (SSSR count). The molecule has 0 aromatic heterocycles. The summed E-state index contributed by atoms with van der Waals surface area (Å²) in [4.78, 5) is 11.9. The molecule has 0 fully saturated rings. The molecule has 0 bridgehead atoms. The minimum absolute atomic E-state index is 0.163. The predicted molar refractivity (Wildman–Crippen MR) is 86.8 cm³/mol. The summed E-state index contributed by atoms with van der Waals surface area (Å²) in [7, 11) is -3.58. The number of rotatable bonds is 4. The molecule has 5 nitrogen and oxygen atoms in total. The number of hydrogen-bond acceptors (Lipinski definition) is 3. The minimum atomic E-state index is -3.58. The number of nitrogens with one attached hydrogen (secondary N) is 2. The van der Waals surface area contributed by atoms with Gasteiger partial charge in [0.1, 0.15) is 5.88 Å². The van der Waals surface area contributed by atoms with Crippen LogP contribution in [0.1, 0.15) is 5.56 Å². The van der Waals surface area contributed by atoms with Gasteiger partial charge < -0.3 is 10.6 Å². The zero-order valence-corrected chi connectivity index (χ0v) is 13.4. The van der Waals surface area contributed by atoms with E-state index in [1.165, 1.54) is 12.1 Å². The van der Waals surface area contributed by atoms with E-state index in [1.807, 2.05) is 6.92 Å². The Kier molecular flexibility index (Phi) is 5.05. The van der Waals surface area contributed by atoms with Gasteiger partial charge in [-0.1, -0.05) is 41.4 Å². The molecule has 2 amide bonds. The number of aryl methyl sites for hydroxylation is 1. The molecule has 0 aliphatic heterocycles. The third-order valence-electron chi connectivity index (χ3n) is 2.92. The van der Waals surface area contributed by atoms with Crippen LogP contribution in [0.15, 0.2) is 53.4 Å². The van der Waals surface area contributed by atoms with Crippen LogP contribution >= 0.6 is 11.6 Å². The highest BCUT2D eigenvalue weighted by Gasteiger charge is 2.15. The van der Waals surface area contributed by atoms with Crippen LogP contribution in [-0.4, -0.2) is 20.3 Å². The van der Waals surface area contributed by atoms with E-state index in [-0.39, 0.29) is 4.90 Å². The molecule has 2 N–H and O–H groups in total. The Bertz CT molecular complexity index is 774. The van der Waals surface area contributed by atoms with Crippen molar-refractivity contribution in [2.24, 2.45) is 0 Å². The molecule has 0 atom stereocenters. The van der Waals surface area contributed by atoms with E-state index in [0.717, 1.165) is 5.56 Å². The maximum absolute atomic E-state index is 12.1. The number of hydrogen-bond donors (Lipinski definition) is 2. The Morgan fingerprint density at radius 2 is 1.73 bits per heavy atom. The molecular weight excluding hydrogens is 324 g/mol. The highest BCUT2D eigenvalue weighted by Crippen LogP contribution is 2.20. The Labute approximate surface area is 134 Å². The molecule has 0 aliphatic rings. The summed E-state index contributed by atoms with van der Waals surface area (Å²) >= 11 is 5.91. The summed E-state index contributed by atoms with van der Waals surface area (Å²) in [5, 5.41) is 5.19. The van der Waals surface area contributed by atoms with E-state index >= 15 is 0 Å². The summed E-state index contributed by atoms with van der Waals surface area (Å²) in [5.41, 5.74) is 1.37. The van der Waals surface area contributed by atoms with E-state index < -0.39 is 21.7 Å². The molecular formula is C15H15ClN2O3S. The average molecular weight is 339 g/mol. The summed E-state index contributed by atoms with van der Waals surface area (Å²) < 4.78 is 24.2. The number of sulfone groups is 1.